The van der Waals surface area contributed by atoms with E-state index in [1.165, 1.54) is 18.2 Å². The van der Waals surface area contributed by atoms with E-state index >= 15 is 0 Å². The summed E-state index contributed by atoms with van der Waals surface area (Å²) in [6, 6.07) is 14.7. The number of benzene rings is 1. The Hall–Kier alpha value is -3.77. The van der Waals surface area contributed by atoms with E-state index in [0.29, 0.717) is 31.4 Å². The van der Waals surface area contributed by atoms with Crippen molar-refractivity contribution in [3.63, 3.8) is 0 Å². The lowest BCUT2D eigenvalue weighted by molar-refractivity contribution is -0.879. The van der Waals surface area contributed by atoms with Crippen molar-refractivity contribution in [2.24, 2.45) is 5.92 Å². The lowest BCUT2D eigenvalue weighted by Gasteiger charge is -2.37. The van der Waals surface area contributed by atoms with Crippen LogP contribution in [-0.2, 0) is 24.6 Å². The summed E-state index contributed by atoms with van der Waals surface area (Å²) >= 11 is 0. The summed E-state index contributed by atoms with van der Waals surface area (Å²) < 4.78 is 18.3. The number of aromatic hydroxyl groups is 1. The maximum atomic E-state index is 14.2. The third kappa shape index (κ3) is 6.68. The monoisotopic (exact) mass is 551 g/mol. The van der Waals surface area contributed by atoms with Crippen LogP contribution >= 0.6 is 0 Å². The molecule has 1 amide bonds. The molecule has 1 saturated heterocycles. The number of quaternary nitrogens is 1. The average Bonchev–Trinajstić information content (AvgIpc) is 3.52. The number of rotatable bonds is 7. The Balaban J connectivity index is 1.69. The van der Waals surface area contributed by atoms with E-state index in [1.54, 1.807) is 39.0 Å². The number of phenols is 1. The first-order valence-electron chi connectivity index (χ1n) is 13.8. The first kappa shape index (κ1) is 29.2. The molecule has 0 spiro atoms. The van der Waals surface area contributed by atoms with Gasteiger partial charge >= 0.3 is 18.0 Å². The number of amides is 1. The highest BCUT2D eigenvalue weighted by Crippen LogP contribution is 2.45. The lowest BCUT2D eigenvalue weighted by Crippen LogP contribution is -2.49. The van der Waals surface area contributed by atoms with Gasteiger partial charge in [-0.2, -0.15) is 0 Å². The van der Waals surface area contributed by atoms with Crippen molar-refractivity contribution in [2.45, 2.75) is 70.2 Å². The van der Waals surface area contributed by atoms with E-state index in [-0.39, 0.29) is 29.0 Å². The van der Waals surface area contributed by atoms with Gasteiger partial charge in [0, 0.05) is 23.6 Å². The van der Waals surface area contributed by atoms with Gasteiger partial charge in [0.2, 0.25) is 5.60 Å². The fourth-order valence-corrected chi connectivity index (χ4v) is 5.58. The van der Waals surface area contributed by atoms with E-state index in [1.807, 2.05) is 0 Å². The predicted octanol–water partition coefficient (Wildman–Crippen LogP) is 4.97. The highest BCUT2D eigenvalue weighted by molar-refractivity contribution is 5.97. The third-order valence-corrected chi connectivity index (χ3v) is 7.46. The molecule has 0 radical (unpaired) electrons. The van der Waals surface area contributed by atoms with Crippen LogP contribution in [0.2, 0.25) is 0 Å². The SMILES string of the molecule is CC(C)(C)OC(=O)Nc1ccc(O)c(C(=O)OC(C(=O)OC2CC[N+](C)(C)C2)(c2cc#ccc2)C2CCCC2)c1. The molecule has 1 aliphatic heterocycles. The van der Waals surface area contributed by atoms with Crippen molar-refractivity contribution in [1.82, 2.24) is 0 Å². The molecule has 2 unspecified atom stereocenters. The van der Waals surface area contributed by atoms with Crippen LogP contribution in [-0.4, -0.2) is 66.5 Å². The van der Waals surface area contributed by atoms with Crippen molar-refractivity contribution in [3.05, 3.63) is 59.7 Å². The van der Waals surface area contributed by atoms with Crippen LogP contribution < -0.4 is 5.32 Å². The van der Waals surface area contributed by atoms with Crippen LogP contribution in [0.15, 0.2) is 36.4 Å². The molecule has 0 bridgehead atoms. The molecular weight excluding hydrogens is 512 g/mol. The molecular formula is C31H39N2O7+. The molecule has 1 aliphatic carbocycles. The second-order valence-corrected chi connectivity index (χ2v) is 12.3. The Morgan fingerprint density at radius 3 is 2.35 bits per heavy atom. The van der Waals surface area contributed by atoms with Crippen molar-refractivity contribution < 1.29 is 38.2 Å². The Morgan fingerprint density at radius 1 is 1.02 bits per heavy atom. The summed E-state index contributed by atoms with van der Waals surface area (Å²) in [5.74, 6) is -2.21. The number of ether oxygens (including phenoxy) is 3. The average molecular weight is 552 g/mol. The van der Waals surface area contributed by atoms with Gasteiger partial charge in [-0.15, -0.1) is 0 Å². The maximum absolute atomic E-state index is 14.2. The number of esters is 2. The first-order chi connectivity index (χ1) is 18.8. The maximum Gasteiger partial charge on any atom is 0.412 e. The normalized spacial score (nSPS) is 20.2. The second kappa shape index (κ2) is 11.4. The molecule has 2 fully saturated rings. The number of likely N-dealkylation sites (tertiary alicyclic amines) is 1. The minimum absolute atomic E-state index is 0.200. The van der Waals surface area contributed by atoms with Gasteiger partial charge in [0.05, 0.1) is 20.6 Å². The molecule has 4 rings (SSSR count). The van der Waals surface area contributed by atoms with Crippen LogP contribution in [0.3, 0.4) is 0 Å². The van der Waals surface area contributed by atoms with E-state index in [2.05, 4.69) is 31.5 Å². The fourth-order valence-electron chi connectivity index (χ4n) is 5.58. The van der Waals surface area contributed by atoms with E-state index < -0.39 is 29.2 Å². The van der Waals surface area contributed by atoms with Gasteiger partial charge in [-0.3, -0.25) is 5.32 Å². The summed E-state index contributed by atoms with van der Waals surface area (Å²) in [5.41, 5.74) is -1.98. The number of nitrogens with zero attached hydrogens (tertiary/aromatic N) is 1. The zero-order chi connectivity index (χ0) is 29.1. The van der Waals surface area contributed by atoms with Crippen LogP contribution in [0.25, 0.3) is 0 Å². The standard InChI is InChI=1S/C31H38N2O7/c1-30(2,3)40-29(37)32-23-15-16-26(34)25(19-23)27(35)39-31(22-13-9-10-14-22,21-11-7-6-8-12-21)28(36)38-24-17-18-33(4,5)20-24/h7,11-12,15-16,19,22,24H,9-10,13-14,17-18,20H2,1-5H3,(H-,32,34,35,37)/p+1. The third-order valence-electron chi connectivity index (χ3n) is 7.46. The van der Waals surface area contributed by atoms with E-state index in [9.17, 15) is 19.5 Å². The summed E-state index contributed by atoms with van der Waals surface area (Å²) in [4.78, 5) is 40.2. The molecule has 9 nitrogen and oxygen atoms in total. The fraction of sp³-hybridized carbons (Fsp3) is 0.516. The molecule has 9 heteroatoms. The Bertz CT molecular complexity index is 1230. The Kier molecular flexibility index (Phi) is 8.31. The number of carbonyl (C=O) groups is 3. The quantitative estimate of drug-likeness (QED) is 0.216. The molecule has 2 aromatic rings. The van der Waals surface area contributed by atoms with Crippen LogP contribution in [0.4, 0.5) is 10.5 Å². The number of nitrogens with one attached hydrogen (secondary N) is 1. The Labute approximate surface area is 236 Å². The minimum atomic E-state index is -1.74. The molecule has 0 aromatic heterocycles. The van der Waals surface area contributed by atoms with Gasteiger partial charge < -0.3 is 23.8 Å². The van der Waals surface area contributed by atoms with Crippen LogP contribution in [0.1, 0.15) is 68.8 Å². The molecule has 2 atom stereocenters. The smallest absolute Gasteiger partial charge is 0.412 e. The first-order valence-corrected chi connectivity index (χ1v) is 13.8. The van der Waals surface area contributed by atoms with Crippen LogP contribution in [0.5, 0.6) is 5.75 Å². The number of anilines is 1. The topological polar surface area (TPSA) is 111 Å². The van der Waals surface area contributed by atoms with Crippen molar-refractivity contribution in [3.8, 4) is 5.75 Å². The van der Waals surface area contributed by atoms with Gasteiger partial charge in [0.15, 0.2) is 6.10 Å². The van der Waals surface area contributed by atoms with Gasteiger partial charge in [-0.25, -0.2) is 14.4 Å². The zero-order valence-electron chi connectivity index (χ0n) is 23.9. The van der Waals surface area contributed by atoms with Gasteiger partial charge in [0.1, 0.15) is 23.5 Å². The van der Waals surface area contributed by atoms with Crippen LogP contribution in [0, 0.1) is 18.1 Å². The number of hydrogen-bond acceptors (Lipinski definition) is 7. The number of carbonyl (C=O) groups excluding carboxylic acids is 3. The highest BCUT2D eigenvalue weighted by Gasteiger charge is 2.54. The van der Waals surface area contributed by atoms with Crippen molar-refractivity contribution in [2.75, 3.05) is 32.5 Å². The summed E-state index contributed by atoms with van der Waals surface area (Å²) in [5, 5.41) is 13.2. The number of phenolic OH excluding ortho intramolecular Hbond substituents is 1. The number of hydrogen-bond donors (Lipinski definition) is 2. The van der Waals surface area contributed by atoms with Gasteiger partial charge in [-0.05, 0) is 70.0 Å². The second-order valence-electron chi connectivity index (χ2n) is 12.3. The summed E-state index contributed by atoms with van der Waals surface area (Å²) in [7, 11) is 4.17. The molecule has 2 N–H and O–H groups in total. The van der Waals surface area contributed by atoms with Crippen molar-refractivity contribution >= 4 is 23.7 Å². The van der Waals surface area contributed by atoms with Gasteiger partial charge in [0.25, 0.3) is 0 Å². The van der Waals surface area contributed by atoms with E-state index in [0.717, 1.165) is 23.9 Å². The summed E-state index contributed by atoms with van der Waals surface area (Å²) in [6.07, 6.45) is 2.79. The summed E-state index contributed by atoms with van der Waals surface area (Å²) in [6.45, 7) is 6.73. The molecule has 2 aromatic carbocycles. The van der Waals surface area contributed by atoms with Crippen molar-refractivity contribution in [1.29, 1.82) is 0 Å². The zero-order valence-corrected chi connectivity index (χ0v) is 23.9. The molecule has 2 aliphatic rings. The van der Waals surface area contributed by atoms with E-state index in [4.69, 9.17) is 14.2 Å². The Morgan fingerprint density at radius 2 is 1.75 bits per heavy atom. The molecule has 1 saturated carbocycles. The molecule has 40 heavy (non-hydrogen) atoms. The largest absolute Gasteiger partial charge is 0.507 e. The highest BCUT2D eigenvalue weighted by atomic mass is 16.6. The molecule has 214 valence electrons. The molecule has 1 heterocycles. The van der Waals surface area contributed by atoms with Gasteiger partial charge in [-0.1, -0.05) is 25.0 Å². The predicted molar refractivity (Wildman–Crippen MR) is 147 cm³/mol. The number of likely N-dealkylation sites (N-methyl/N-ethyl adjacent to an activating group) is 1. The lowest BCUT2D eigenvalue weighted by atomic mass is 9.79. The minimum Gasteiger partial charge on any atom is -0.507 e.